The molecule has 0 aromatic heterocycles. The molecular weight excluding hydrogens is 344 g/mol. The average Bonchev–Trinajstić information content (AvgIpc) is 2.59. The van der Waals surface area contributed by atoms with E-state index in [4.69, 9.17) is 16.3 Å². The molecule has 0 aliphatic heterocycles. The molecule has 2 aromatic carbocycles. The van der Waals surface area contributed by atoms with E-state index in [-0.39, 0.29) is 40.9 Å². The van der Waals surface area contributed by atoms with Crippen molar-refractivity contribution in [2.24, 2.45) is 5.92 Å². The maximum atomic E-state index is 12.2. The molecule has 7 heteroatoms. The maximum Gasteiger partial charge on any atom is 0.271 e. The lowest BCUT2D eigenvalue weighted by molar-refractivity contribution is -0.384. The van der Waals surface area contributed by atoms with Crippen molar-refractivity contribution < 1.29 is 14.5 Å². The molecule has 1 amide bonds. The number of hydrogen-bond donors (Lipinski definition) is 1. The highest BCUT2D eigenvalue weighted by atomic mass is 35.5. The van der Waals surface area contributed by atoms with Gasteiger partial charge in [0.1, 0.15) is 5.75 Å². The van der Waals surface area contributed by atoms with E-state index in [1.54, 1.807) is 0 Å². The van der Waals surface area contributed by atoms with Crippen LogP contribution in [0.25, 0.3) is 0 Å². The number of hydrogen-bond acceptors (Lipinski definition) is 4. The van der Waals surface area contributed by atoms with Gasteiger partial charge >= 0.3 is 0 Å². The standard InChI is InChI=1S/C18H19ClN2O4/c1-12(2)18(13-6-4-3-5-7-13)20-17(22)11-25-16-9-8-14(21(23)24)10-15(16)19/h3-10,12,18H,11H2,1-2H3,(H,20,22). The second kappa shape index (κ2) is 8.48. The molecule has 2 rings (SSSR count). The summed E-state index contributed by atoms with van der Waals surface area (Å²) in [5.74, 6) is 0.134. The fourth-order valence-corrected chi connectivity index (χ4v) is 2.60. The molecule has 2 aromatic rings. The number of non-ortho nitro benzene ring substituents is 1. The zero-order valence-electron chi connectivity index (χ0n) is 13.9. The number of nitro benzene ring substituents is 1. The topological polar surface area (TPSA) is 81.5 Å². The number of rotatable bonds is 7. The lowest BCUT2D eigenvalue weighted by Crippen LogP contribution is -2.35. The highest BCUT2D eigenvalue weighted by Gasteiger charge is 2.19. The van der Waals surface area contributed by atoms with Crippen LogP contribution in [0.3, 0.4) is 0 Å². The van der Waals surface area contributed by atoms with Crippen LogP contribution in [-0.2, 0) is 4.79 Å². The zero-order valence-corrected chi connectivity index (χ0v) is 14.7. The van der Waals surface area contributed by atoms with Crippen LogP contribution in [0.15, 0.2) is 48.5 Å². The SMILES string of the molecule is CC(C)C(NC(=O)COc1ccc([N+](=O)[O-])cc1Cl)c1ccccc1. The van der Waals surface area contributed by atoms with Crippen LogP contribution in [0.5, 0.6) is 5.75 Å². The summed E-state index contributed by atoms with van der Waals surface area (Å²) >= 11 is 5.95. The molecule has 25 heavy (non-hydrogen) atoms. The third-order valence-electron chi connectivity index (χ3n) is 3.63. The highest BCUT2D eigenvalue weighted by molar-refractivity contribution is 6.32. The van der Waals surface area contributed by atoms with Gasteiger partial charge in [0.25, 0.3) is 11.6 Å². The molecule has 0 aliphatic carbocycles. The number of nitrogens with one attached hydrogen (secondary N) is 1. The predicted octanol–water partition coefficient (Wildman–Crippen LogP) is 4.14. The number of halogens is 1. The van der Waals surface area contributed by atoms with Gasteiger partial charge in [-0.1, -0.05) is 55.8 Å². The lowest BCUT2D eigenvalue weighted by atomic mass is 9.96. The molecule has 0 saturated heterocycles. The Morgan fingerprint density at radius 3 is 2.48 bits per heavy atom. The molecular formula is C18H19ClN2O4. The van der Waals surface area contributed by atoms with E-state index in [1.165, 1.54) is 18.2 Å². The van der Waals surface area contributed by atoms with E-state index in [0.717, 1.165) is 5.56 Å². The van der Waals surface area contributed by atoms with E-state index in [1.807, 2.05) is 44.2 Å². The summed E-state index contributed by atoms with van der Waals surface area (Å²) < 4.78 is 5.38. The van der Waals surface area contributed by atoms with Crippen LogP contribution in [-0.4, -0.2) is 17.4 Å². The summed E-state index contributed by atoms with van der Waals surface area (Å²) in [6, 6.07) is 13.4. The molecule has 1 unspecified atom stereocenters. The Balaban J connectivity index is 1.99. The number of amides is 1. The van der Waals surface area contributed by atoms with Gasteiger partial charge in [-0.05, 0) is 17.5 Å². The molecule has 0 saturated carbocycles. The van der Waals surface area contributed by atoms with Crippen LogP contribution in [0.1, 0.15) is 25.5 Å². The molecule has 0 spiro atoms. The minimum Gasteiger partial charge on any atom is -0.482 e. The van der Waals surface area contributed by atoms with E-state index in [0.29, 0.717) is 0 Å². The first-order valence-corrected chi connectivity index (χ1v) is 8.17. The Morgan fingerprint density at radius 2 is 1.92 bits per heavy atom. The Bertz CT molecular complexity index is 750. The van der Waals surface area contributed by atoms with Crippen LogP contribution >= 0.6 is 11.6 Å². The van der Waals surface area contributed by atoms with Gasteiger partial charge in [0.15, 0.2) is 6.61 Å². The number of benzene rings is 2. The van der Waals surface area contributed by atoms with Crippen molar-refractivity contribution in [3.05, 3.63) is 69.2 Å². The minimum absolute atomic E-state index is 0.0884. The number of carbonyl (C=O) groups excluding carboxylic acids is 1. The monoisotopic (exact) mass is 362 g/mol. The van der Waals surface area contributed by atoms with E-state index < -0.39 is 4.92 Å². The zero-order chi connectivity index (χ0) is 18.4. The molecule has 1 atom stereocenters. The summed E-state index contributed by atoms with van der Waals surface area (Å²) in [5, 5.41) is 13.7. The summed E-state index contributed by atoms with van der Waals surface area (Å²) in [5.41, 5.74) is 0.880. The normalized spacial score (nSPS) is 11.8. The van der Waals surface area contributed by atoms with Crippen molar-refractivity contribution in [1.82, 2.24) is 5.32 Å². The Kier molecular flexibility index (Phi) is 6.36. The first kappa shape index (κ1) is 18.7. The smallest absolute Gasteiger partial charge is 0.271 e. The van der Waals surface area contributed by atoms with Gasteiger partial charge < -0.3 is 10.1 Å². The van der Waals surface area contributed by atoms with Crippen LogP contribution < -0.4 is 10.1 Å². The largest absolute Gasteiger partial charge is 0.482 e. The molecule has 6 nitrogen and oxygen atoms in total. The van der Waals surface area contributed by atoms with Crippen molar-refractivity contribution in [3.63, 3.8) is 0 Å². The summed E-state index contributed by atoms with van der Waals surface area (Å²) in [6.45, 7) is 3.81. The maximum absolute atomic E-state index is 12.2. The average molecular weight is 363 g/mol. The number of ether oxygens (including phenoxy) is 1. The molecule has 1 N–H and O–H groups in total. The van der Waals surface area contributed by atoms with Crippen molar-refractivity contribution in [2.45, 2.75) is 19.9 Å². The first-order valence-electron chi connectivity index (χ1n) is 7.79. The number of carbonyl (C=O) groups is 1. The van der Waals surface area contributed by atoms with Crippen molar-refractivity contribution in [3.8, 4) is 5.75 Å². The Hall–Kier alpha value is -2.60. The van der Waals surface area contributed by atoms with E-state index in [9.17, 15) is 14.9 Å². The van der Waals surface area contributed by atoms with Crippen LogP contribution in [0.2, 0.25) is 5.02 Å². The molecule has 0 heterocycles. The summed E-state index contributed by atoms with van der Waals surface area (Å²) in [4.78, 5) is 22.3. The van der Waals surface area contributed by atoms with Crippen LogP contribution in [0.4, 0.5) is 5.69 Å². The minimum atomic E-state index is -0.546. The van der Waals surface area contributed by atoms with Gasteiger partial charge in [0.2, 0.25) is 0 Å². The van der Waals surface area contributed by atoms with Gasteiger partial charge in [0, 0.05) is 12.1 Å². The molecule has 132 valence electrons. The van der Waals surface area contributed by atoms with Gasteiger partial charge in [-0.25, -0.2) is 0 Å². The summed E-state index contributed by atoms with van der Waals surface area (Å²) in [6.07, 6.45) is 0. The molecule has 0 fully saturated rings. The Labute approximate surface area is 150 Å². The van der Waals surface area contributed by atoms with Crippen molar-refractivity contribution in [2.75, 3.05) is 6.61 Å². The quantitative estimate of drug-likeness (QED) is 0.592. The fraction of sp³-hybridized carbons (Fsp3) is 0.278. The molecule has 0 bridgehead atoms. The van der Waals surface area contributed by atoms with Crippen molar-refractivity contribution in [1.29, 1.82) is 0 Å². The second-order valence-electron chi connectivity index (χ2n) is 5.86. The predicted molar refractivity (Wildman–Crippen MR) is 95.8 cm³/mol. The molecule has 0 radical (unpaired) electrons. The Morgan fingerprint density at radius 1 is 1.24 bits per heavy atom. The van der Waals surface area contributed by atoms with Gasteiger partial charge in [-0.2, -0.15) is 0 Å². The van der Waals surface area contributed by atoms with Crippen LogP contribution in [0, 0.1) is 16.0 Å². The first-order chi connectivity index (χ1) is 11.9. The summed E-state index contributed by atoms with van der Waals surface area (Å²) in [7, 11) is 0. The van der Waals surface area contributed by atoms with E-state index >= 15 is 0 Å². The number of nitrogens with zero attached hydrogens (tertiary/aromatic N) is 1. The van der Waals surface area contributed by atoms with Crippen molar-refractivity contribution >= 4 is 23.2 Å². The number of nitro groups is 1. The molecule has 0 aliphatic rings. The lowest BCUT2D eigenvalue weighted by Gasteiger charge is -2.23. The highest BCUT2D eigenvalue weighted by Crippen LogP contribution is 2.28. The van der Waals surface area contributed by atoms with E-state index in [2.05, 4.69) is 5.32 Å². The third-order valence-corrected chi connectivity index (χ3v) is 3.92. The van der Waals surface area contributed by atoms with Gasteiger partial charge in [-0.3, -0.25) is 14.9 Å². The fourth-order valence-electron chi connectivity index (χ4n) is 2.37. The van der Waals surface area contributed by atoms with Gasteiger partial charge in [-0.15, -0.1) is 0 Å². The third kappa shape index (κ3) is 5.19. The van der Waals surface area contributed by atoms with Gasteiger partial charge in [0.05, 0.1) is 16.0 Å². The second-order valence-corrected chi connectivity index (χ2v) is 6.27.